The molecule has 5 amide bonds. The molecule has 0 aromatic carbocycles. The van der Waals surface area contributed by atoms with Crippen molar-refractivity contribution in [2.45, 2.75) is 56.6 Å². The largest absolute Gasteiger partial charge is 0.481 e. The minimum absolute atomic E-state index is 0.0178. The van der Waals surface area contributed by atoms with Crippen molar-refractivity contribution in [2.75, 3.05) is 20.2 Å². The topological polar surface area (TPSA) is 232 Å². The Hall–Kier alpha value is -3.30. The third-order valence-corrected chi connectivity index (χ3v) is 4.63. The maximum atomic E-state index is 12.0. The Kier molecular flexibility index (Phi) is 11.2. The van der Waals surface area contributed by atoms with E-state index >= 15 is 0 Å². The summed E-state index contributed by atoms with van der Waals surface area (Å²) >= 11 is 0. The average Bonchev–Trinajstić information content (AvgIpc) is 2.72. The fraction of sp³-hybridized carbons (Fsp3) is 0.667. The molecule has 1 aliphatic heterocycles. The molecule has 15 nitrogen and oxygen atoms in total. The summed E-state index contributed by atoms with van der Waals surface area (Å²) < 4.78 is 5.05. The number of urea groups is 1. The summed E-state index contributed by atoms with van der Waals surface area (Å²) in [6.07, 6.45) is -6.04. The molecule has 0 unspecified atom stereocenters. The highest BCUT2D eigenvalue weighted by Gasteiger charge is 2.37. The molecular formula is C18H28N4O11. The van der Waals surface area contributed by atoms with E-state index in [1.807, 2.05) is 0 Å². The number of carbonyl (C=O) groups excluding carboxylic acids is 4. The Morgan fingerprint density at radius 2 is 1.79 bits per heavy atom. The van der Waals surface area contributed by atoms with Crippen LogP contribution in [0.25, 0.3) is 0 Å². The van der Waals surface area contributed by atoms with Crippen molar-refractivity contribution in [1.29, 1.82) is 0 Å². The molecule has 186 valence electrons. The van der Waals surface area contributed by atoms with Gasteiger partial charge in [-0.3, -0.25) is 29.4 Å². The first-order valence-electron chi connectivity index (χ1n) is 9.96. The number of nitrogens with one attached hydrogen (secondary N) is 3. The average molecular weight is 476 g/mol. The Balaban J connectivity index is 2.41. The van der Waals surface area contributed by atoms with E-state index < -0.39 is 73.0 Å². The molecule has 0 aliphatic carbocycles. The Labute approximate surface area is 188 Å². The first-order chi connectivity index (χ1) is 15.5. The predicted octanol–water partition coefficient (Wildman–Crippen LogP) is -3.05. The highest BCUT2D eigenvalue weighted by atomic mass is 16.5. The molecule has 1 rings (SSSR count). The molecule has 7 N–H and O–H groups in total. The fourth-order valence-electron chi connectivity index (χ4n) is 2.96. The lowest BCUT2D eigenvalue weighted by molar-refractivity contribution is -0.147. The van der Waals surface area contributed by atoms with Crippen molar-refractivity contribution in [3.63, 3.8) is 0 Å². The zero-order chi connectivity index (χ0) is 25.1. The van der Waals surface area contributed by atoms with Crippen LogP contribution >= 0.6 is 0 Å². The maximum absolute atomic E-state index is 12.0. The van der Waals surface area contributed by atoms with Gasteiger partial charge in [0.1, 0.15) is 12.1 Å². The van der Waals surface area contributed by atoms with Crippen molar-refractivity contribution in [2.24, 2.45) is 0 Å². The minimum atomic E-state index is -1.66. The number of carbonyl (C=O) groups is 6. The molecule has 0 aromatic heterocycles. The smallest absolute Gasteiger partial charge is 0.326 e. The summed E-state index contributed by atoms with van der Waals surface area (Å²) in [5.41, 5.74) is 0. The predicted molar refractivity (Wildman–Crippen MR) is 106 cm³/mol. The molecule has 4 atom stereocenters. The fourth-order valence-corrected chi connectivity index (χ4v) is 2.96. The van der Waals surface area contributed by atoms with Crippen LogP contribution in [-0.2, 0) is 28.7 Å². The monoisotopic (exact) mass is 476 g/mol. The van der Waals surface area contributed by atoms with Crippen LogP contribution in [-0.4, -0.2) is 106 Å². The van der Waals surface area contributed by atoms with Crippen LogP contribution in [0.2, 0.25) is 0 Å². The highest BCUT2D eigenvalue weighted by molar-refractivity contribution is 5.96. The minimum Gasteiger partial charge on any atom is -0.481 e. The summed E-state index contributed by atoms with van der Waals surface area (Å²) in [5, 5.41) is 44.5. The van der Waals surface area contributed by atoms with Gasteiger partial charge in [-0.2, -0.15) is 0 Å². The number of methoxy groups -OCH3 is 1. The first kappa shape index (κ1) is 27.7. The SMILES string of the molecule is CO[C@H]([C@H](O)[C@H](O)CC(=O)NCCCC(=O)N[C@@H](CC(=O)O)C(=O)O)N1CCC(=O)NC1=O. The number of imide groups is 1. The number of hydrogen-bond donors (Lipinski definition) is 7. The molecular weight excluding hydrogens is 448 g/mol. The van der Waals surface area contributed by atoms with E-state index in [0.717, 1.165) is 4.90 Å². The number of aliphatic hydroxyl groups is 2. The van der Waals surface area contributed by atoms with Gasteiger partial charge in [0, 0.05) is 33.0 Å². The summed E-state index contributed by atoms with van der Waals surface area (Å²) in [7, 11) is 1.18. The molecule has 0 saturated carbocycles. The molecule has 33 heavy (non-hydrogen) atoms. The molecule has 15 heteroatoms. The lowest BCUT2D eigenvalue weighted by atomic mass is 10.1. The van der Waals surface area contributed by atoms with Crippen molar-refractivity contribution < 1.29 is 53.9 Å². The third kappa shape index (κ3) is 9.38. The van der Waals surface area contributed by atoms with Gasteiger partial charge in [-0.05, 0) is 6.42 Å². The Morgan fingerprint density at radius 3 is 2.33 bits per heavy atom. The van der Waals surface area contributed by atoms with Crippen LogP contribution in [0.4, 0.5) is 4.79 Å². The number of ether oxygens (including phenoxy) is 1. The van der Waals surface area contributed by atoms with Gasteiger partial charge in [-0.25, -0.2) is 9.59 Å². The Morgan fingerprint density at radius 1 is 1.12 bits per heavy atom. The standard InChI is InChI=1S/C18H28N4O11/c1-33-16(22-6-4-12(25)21-18(22)32)15(29)10(23)8-13(26)19-5-2-3-11(24)20-9(17(30)31)7-14(27)28/h9-10,15-16,23,29H,2-8H2,1H3,(H,19,26)(H,20,24)(H,27,28)(H,30,31)(H,21,25,32)/t9-,10+,15+,16+/m0/s1. The lowest BCUT2D eigenvalue weighted by Gasteiger charge is -2.36. The lowest BCUT2D eigenvalue weighted by Crippen LogP contribution is -2.59. The van der Waals surface area contributed by atoms with E-state index in [4.69, 9.17) is 14.9 Å². The van der Waals surface area contributed by atoms with E-state index in [1.54, 1.807) is 0 Å². The van der Waals surface area contributed by atoms with Crippen molar-refractivity contribution in [3.8, 4) is 0 Å². The third-order valence-electron chi connectivity index (χ3n) is 4.63. The van der Waals surface area contributed by atoms with Gasteiger partial charge in [-0.15, -0.1) is 0 Å². The second-order valence-electron chi connectivity index (χ2n) is 7.19. The maximum Gasteiger partial charge on any atom is 0.326 e. The van der Waals surface area contributed by atoms with Crippen LogP contribution in [0.5, 0.6) is 0 Å². The first-order valence-corrected chi connectivity index (χ1v) is 9.96. The van der Waals surface area contributed by atoms with Crippen LogP contribution in [0.15, 0.2) is 0 Å². The number of hydrogen-bond acceptors (Lipinski definition) is 9. The molecule has 1 saturated heterocycles. The summed E-state index contributed by atoms with van der Waals surface area (Å²) in [6, 6.07) is -2.38. The van der Waals surface area contributed by atoms with Gasteiger partial charge in [0.15, 0.2) is 6.23 Å². The zero-order valence-corrected chi connectivity index (χ0v) is 17.9. The molecule has 0 spiro atoms. The van der Waals surface area contributed by atoms with Crippen molar-refractivity contribution in [1.82, 2.24) is 20.9 Å². The quantitative estimate of drug-likeness (QED) is 0.124. The second kappa shape index (κ2) is 13.3. The van der Waals surface area contributed by atoms with E-state index in [0.29, 0.717) is 0 Å². The number of carboxylic acids is 2. The van der Waals surface area contributed by atoms with Gasteiger partial charge < -0.3 is 35.8 Å². The number of aliphatic hydroxyl groups excluding tert-OH is 2. The van der Waals surface area contributed by atoms with E-state index in [2.05, 4.69) is 16.0 Å². The zero-order valence-electron chi connectivity index (χ0n) is 17.9. The summed E-state index contributed by atoms with van der Waals surface area (Å²) in [5.74, 6) is -4.76. The van der Waals surface area contributed by atoms with Crippen molar-refractivity contribution in [3.05, 3.63) is 0 Å². The van der Waals surface area contributed by atoms with Gasteiger partial charge in [0.25, 0.3) is 0 Å². The molecule has 1 heterocycles. The number of aliphatic carboxylic acids is 2. The second-order valence-corrected chi connectivity index (χ2v) is 7.19. The van der Waals surface area contributed by atoms with Gasteiger partial charge >= 0.3 is 18.0 Å². The number of nitrogens with zero attached hydrogens (tertiary/aromatic N) is 1. The van der Waals surface area contributed by atoms with E-state index in [9.17, 15) is 39.0 Å². The van der Waals surface area contributed by atoms with Crippen LogP contribution in [0, 0.1) is 0 Å². The van der Waals surface area contributed by atoms with Crippen LogP contribution < -0.4 is 16.0 Å². The van der Waals surface area contributed by atoms with E-state index in [1.165, 1.54) is 7.11 Å². The summed E-state index contributed by atoms with van der Waals surface area (Å²) in [6.45, 7) is -0.0630. The Bertz CT molecular complexity index is 760. The highest BCUT2D eigenvalue weighted by Crippen LogP contribution is 2.15. The summed E-state index contributed by atoms with van der Waals surface area (Å²) in [4.78, 5) is 69.4. The van der Waals surface area contributed by atoms with Gasteiger partial charge in [-0.1, -0.05) is 0 Å². The van der Waals surface area contributed by atoms with Crippen molar-refractivity contribution >= 4 is 35.7 Å². The molecule has 1 fully saturated rings. The number of rotatable bonds is 14. The van der Waals surface area contributed by atoms with Gasteiger partial charge in [0.2, 0.25) is 17.7 Å². The van der Waals surface area contributed by atoms with E-state index in [-0.39, 0.29) is 32.4 Å². The normalized spacial score (nSPS) is 17.4. The molecule has 1 aliphatic rings. The van der Waals surface area contributed by atoms with Crippen LogP contribution in [0.1, 0.15) is 32.1 Å². The molecule has 0 radical (unpaired) electrons. The number of amides is 5. The molecule has 0 aromatic rings. The molecule has 0 bridgehead atoms. The number of carboxylic acid groups (broad SMARTS) is 2. The van der Waals surface area contributed by atoms with Gasteiger partial charge in [0.05, 0.1) is 18.9 Å². The van der Waals surface area contributed by atoms with Crippen LogP contribution in [0.3, 0.4) is 0 Å².